The maximum atomic E-state index is 11.9. The molecule has 0 atom stereocenters. The quantitative estimate of drug-likeness (QED) is 0.583. The lowest BCUT2D eigenvalue weighted by Crippen LogP contribution is -2.37. The molecule has 0 saturated carbocycles. The molecule has 2 rings (SSSR count). The number of hydrogen-bond acceptors (Lipinski definition) is 4. The highest BCUT2D eigenvalue weighted by Crippen LogP contribution is 2.05. The number of benzene rings is 2. The first-order valence-corrected chi connectivity index (χ1v) is 7.11. The van der Waals surface area contributed by atoms with E-state index in [1.807, 2.05) is 0 Å². The van der Waals surface area contributed by atoms with Gasteiger partial charge < -0.3 is 20.8 Å². The summed E-state index contributed by atoms with van der Waals surface area (Å²) in [6, 6.07) is 10.7. The smallest absolute Gasteiger partial charge is 0.335 e. The molecular weight excluding hydrogens is 328 g/mol. The molecule has 128 valence electrons. The van der Waals surface area contributed by atoms with Crippen LogP contribution in [0.1, 0.15) is 41.4 Å². The van der Waals surface area contributed by atoms with E-state index in [0.29, 0.717) is 0 Å². The van der Waals surface area contributed by atoms with Crippen molar-refractivity contribution in [3.8, 4) is 0 Å². The van der Waals surface area contributed by atoms with Gasteiger partial charge in [0.1, 0.15) is 0 Å². The van der Waals surface area contributed by atoms with E-state index in [4.69, 9.17) is 10.2 Å². The third-order valence-corrected chi connectivity index (χ3v) is 3.29. The topological polar surface area (TPSA) is 133 Å². The maximum absolute atomic E-state index is 11.9. The molecule has 0 bridgehead atoms. The van der Waals surface area contributed by atoms with Gasteiger partial charge in [0.15, 0.2) is 0 Å². The Bertz CT molecular complexity index is 743. The van der Waals surface area contributed by atoms with Gasteiger partial charge in [-0.2, -0.15) is 0 Å². The summed E-state index contributed by atoms with van der Waals surface area (Å²) in [4.78, 5) is 45.3. The van der Waals surface area contributed by atoms with E-state index in [1.165, 1.54) is 48.5 Å². The fourth-order valence-electron chi connectivity index (χ4n) is 1.94. The van der Waals surface area contributed by atoms with Crippen LogP contribution in [0.3, 0.4) is 0 Å². The van der Waals surface area contributed by atoms with Crippen LogP contribution in [-0.4, -0.2) is 40.6 Å². The Hall–Kier alpha value is -3.68. The molecule has 0 radical (unpaired) electrons. The van der Waals surface area contributed by atoms with Gasteiger partial charge in [-0.15, -0.1) is 0 Å². The van der Waals surface area contributed by atoms with Gasteiger partial charge in [0.05, 0.1) is 17.8 Å². The monoisotopic (exact) mass is 342 g/mol. The zero-order valence-electron chi connectivity index (χ0n) is 12.9. The van der Waals surface area contributed by atoms with Crippen molar-refractivity contribution in [2.24, 2.45) is 0 Å². The lowest BCUT2D eigenvalue weighted by Gasteiger charge is -2.08. The Balaban J connectivity index is 1.86. The van der Waals surface area contributed by atoms with Crippen LogP contribution in [0.5, 0.6) is 0 Å². The van der Waals surface area contributed by atoms with E-state index in [2.05, 4.69) is 10.6 Å². The van der Waals surface area contributed by atoms with Crippen molar-refractivity contribution >= 4 is 23.8 Å². The van der Waals surface area contributed by atoms with Crippen LogP contribution in [0, 0.1) is 0 Å². The Morgan fingerprint density at radius 3 is 1.16 bits per heavy atom. The lowest BCUT2D eigenvalue weighted by molar-refractivity contribution is 0.0686. The van der Waals surface area contributed by atoms with Gasteiger partial charge in [-0.25, -0.2) is 9.59 Å². The van der Waals surface area contributed by atoms with Gasteiger partial charge in [0.25, 0.3) is 11.8 Å². The fourth-order valence-corrected chi connectivity index (χ4v) is 1.94. The SMILES string of the molecule is O=C(O)c1ccc(C(=O)NCNC(=O)c2ccc(C(=O)O)cc2)cc1. The molecule has 0 aliphatic rings. The van der Waals surface area contributed by atoms with Crippen LogP contribution in [-0.2, 0) is 0 Å². The molecule has 8 heteroatoms. The number of nitrogens with one attached hydrogen (secondary N) is 2. The Labute approximate surface area is 142 Å². The number of carbonyl (C=O) groups is 4. The summed E-state index contributed by atoms with van der Waals surface area (Å²) in [7, 11) is 0. The first kappa shape index (κ1) is 17.7. The van der Waals surface area contributed by atoms with Gasteiger partial charge >= 0.3 is 11.9 Å². The molecule has 0 heterocycles. The standard InChI is InChI=1S/C17H14N2O6/c20-14(10-1-5-12(6-2-10)16(22)23)18-9-19-15(21)11-3-7-13(8-4-11)17(24)25/h1-8H,9H2,(H,18,20)(H,19,21)(H,22,23)(H,24,25). The average molecular weight is 342 g/mol. The van der Waals surface area contributed by atoms with Crippen molar-refractivity contribution in [1.82, 2.24) is 10.6 Å². The maximum Gasteiger partial charge on any atom is 0.335 e. The van der Waals surface area contributed by atoms with E-state index < -0.39 is 23.8 Å². The van der Waals surface area contributed by atoms with E-state index in [-0.39, 0.29) is 28.9 Å². The second kappa shape index (κ2) is 7.73. The Kier molecular flexibility index (Phi) is 5.47. The third-order valence-electron chi connectivity index (χ3n) is 3.29. The van der Waals surface area contributed by atoms with Crippen molar-refractivity contribution < 1.29 is 29.4 Å². The van der Waals surface area contributed by atoms with Crippen molar-refractivity contribution in [1.29, 1.82) is 0 Å². The number of carboxylic acids is 2. The summed E-state index contributed by atoms with van der Waals surface area (Å²) in [5, 5.41) is 22.5. The second-order valence-electron chi connectivity index (χ2n) is 4.95. The summed E-state index contributed by atoms with van der Waals surface area (Å²) in [5.74, 6) is -3.13. The highest BCUT2D eigenvalue weighted by molar-refractivity contribution is 5.97. The largest absolute Gasteiger partial charge is 0.478 e. The highest BCUT2D eigenvalue weighted by Gasteiger charge is 2.10. The summed E-state index contributed by atoms with van der Waals surface area (Å²) in [5.41, 5.74) is 0.638. The summed E-state index contributed by atoms with van der Waals surface area (Å²) in [6.07, 6.45) is 0. The molecule has 0 fully saturated rings. The summed E-state index contributed by atoms with van der Waals surface area (Å²) in [6.45, 7) is -0.140. The van der Waals surface area contributed by atoms with Gasteiger partial charge in [-0.05, 0) is 48.5 Å². The minimum Gasteiger partial charge on any atom is -0.478 e. The van der Waals surface area contributed by atoms with Crippen molar-refractivity contribution in [2.45, 2.75) is 0 Å². The van der Waals surface area contributed by atoms with Crippen molar-refractivity contribution in [3.63, 3.8) is 0 Å². The van der Waals surface area contributed by atoms with E-state index in [1.54, 1.807) is 0 Å². The van der Waals surface area contributed by atoms with Crippen molar-refractivity contribution in [3.05, 3.63) is 70.8 Å². The van der Waals surface area contributed by atoms with Crippen LogP contribution < -0.4 is 10.6 Å². The first-order valence-electron chi connectivity index (χ1n) is 7.11. The molecule has 8 nitrogen and oxygen atoms in total. The number of carbonyl (C=O) groups excluding carboxylic acids is 2. The van der Waals surface area contributed by atoms with E-state index in [9.17, 15) is 19.2 Å². The molecule has 0 aromatic heterocycles. The average Bonchev–Trinajstić information content (AvgIpc) is 2.61. The number of hydrogen-bond donors (Lipinski definition) is 4. The number of carboxylic acid groups (broad SMARTS) is 2. The van der Waals surface area contributed by atoms with Gasteiger partial charge in [0.2, 0.25) is 0 Å². The normalized spacial score (nSPS) is 9.92. The molecule has 0 unspecified atom stereocenters. The third kappa shape index (κ3) is 4.64. The summed E-state index contributed by atoms with van der Waals surface area (Å²) >= 11 is 0. The Morgan fingerprint density at radius 1 is 0.600 bits per heavy atom. The van der Waals surface area contributed by atoms with Crippen LogP contribution in [0.2, 0.25) is 0 Å². The Morgan fingerprint density at radius 2 is 0.880 bits per heavy atom. The highest BCUT2D eigenvalue weighted by atomic mass is 16.4. The minimum absolute atomic E-state index is 0.0645. The van der Waals surface area contributed by atoms with E-state index in [0.717, 1.165) is 0 Å². The predicted octanol–water partition coefficient (Wildman–Crippen LogP) is 1.20. The second-order valence-corrected chi connectivity index (χ2v) is 4.95. The molecule has 0 aliphatic heterocycles. The molecule has 25 heavy (non-hydrogen) atoms. The van der Waals surface area contributed by atoms with Gasteiger partial charge in [0, 0.05) is 11.1 Å². The molecule has 2 amide bonds. The lowest BCUT2D eigenvalue weighted by atomic mass is 10.1. The molecule has 0 saturated heterocycles. The van der Waals surface area contributed by atoms with Crippen molar-refractivity contribution in [2.75, 3.05) is 6.67 Å². The molecule has 2 aromatic carbocycles. The number of aromatic carboxylic acids is 2. The first-order chi connectivity index (χ1) is 11.9. The molecule has 0 aliphatic carbocycles. The summed E-state index contributed by atoms with van der Waals surface area (Å²) < 4.78 is 0. The molecular formula is C17H14N2O6. The van der Waals surface area contributed by atoms with Crippen LogP contribution in [0.15, 0.2) is 48.5 Å². The number of rotatable bonds is 6. The van der Waals surface area contributed by atoms with Crippen LogP contribution in [0.25, 0.3) is 0 Å². The molecule has 2 aromatic rings. The zero-order chi connectivity index (χ0) is 18.4. The van der Waals surface area contributed by atoms with Crippen LogP contribution in [0.4, 0.5) is 0 Å². The zero-order valence-corrected chi connectivity index (χ0v) is 12.9. The van der Waals surface area contributed by atoms with Gasteiger partial charge in [-0.1, -0.05) is 0 Å². The molecule has 0 spiro atoms. The predicted molar refractivity (Wildman–Crippen MR) is 86.6 cm³/mol. The minimum atomic E-state index is -1.09. The fraction of sp³-hybridized carbons (Fsp3) is 0.0588. The number of amides is 2. The van der Waals surface area contributed by atoms with Gasteiger partial charge in [-0.3, -0.25) is 9.59 Å². The van der Waals surface area contributed by atoms with Crippen LogP contribution >= 0.6 is 0 Å². The molecule has 4 N–H and O–H groups in total. The van der Waals surface area contributed by atoms with E-state index >= 15 is 0 Å².